The first-order valence-electron chi connectivity index (χ1n) is 7.51. The maximum absolute atomic E-state index is 10.7. The Morgan fingerprint density at radius 2 is 1.81 bits per heavy atom. The molecule has 116 valence electrons. The Labute approximate surface area is 128 Å². The molecule has 2 aliphatic heterocycles. The average molecular weight is 308 g/mol. The van der Waals surface area contributed by atoms with Gasteiger partial charge in [-0.25, -0.2) is 0 Å². The van der Waals surface area contributed by atoms with Crippen LogP contribution in [0, 0.1) is 0 Å². The SMILES string of the molecule is O=S([O-])CN1CCN(C[C@@H]2Cc3ccccc3CN2)CC1. The molecule has 1 aromatic carbocycles. The highest BCUT2D eigenvalue weighted by Crippen LogP contribution is 2.17. The van der Waals surface area contributed by atoms with Crippen LogP contribution in [0.1, 0.15) is 11.1 Å². The van der Waals surface area contributed by atoms with Crippen LogP contribution in [0.5, 0.6) is 0 Å². The van der Waals surface area contributed by atoms with E-state index in [1.54, 1.807) is 0 Å². The van der Waals surface area contributed by atoms with Gasteiger partial charge in [-0.1, -0.05) is 24.3 Å². The van der Waals surface area contributed by atoms with Crippen molar-refractivity contribution in [3.8, 4) is 0 Å². The molecule has 1 aromatic rings. The molecule has 2 heterocycles. The van der Waals surface area contributed by atoms with E-state index < -0.39 is 11.1 Å². The molecule has 0 aliphatic carbocycles. The van der Waals surface area contributed by atoms with E-state index in [1.165, 1.54) is 11.1 Å². The zero-order chi connectivity index (χ0) is 14.7. The summed E-state index contributed by atoms with van der Waals surface area (Å²) < 4.78 is 21.4. The molecule has 0 aromatic heterocycles. The van der Waals surface area contributed by atoms with Crippen LogP contribution >= 0.6 is 0 Å². The van der Waals surface area contributed by atoms with Gasteiger partial charge in [0.05, 0.1) is 5.88 Å². The lowest BCUT2D eigenvalue weighted by Gasteiger charge is -2.37. The summed E-state index contributed by atoms with van der Waals surface area (Å²) in [6, 6.07) is 9.13. The van der Waals surface area contributed by atoms with Gasteiger partial charge in [0.15, 0.2) is 0 Å². The highest BCUT2D eigenvalue weighted by molar-refractivity contribution is 7.79. The Hall–Kier alpha value is -0.790. The van der Waals surface area contributed by atoms with Gasteiger partial charge < -0.3 is 9.87 Å². The molecule has 0 bridgehead atoms. The van der Waals surface area contributed by atoms with Crippen LogP contribution < -0.4 is 5.32 Å². The summed E-state index contributed by atoms with van der Waals surface area (Å²) >= 11 is -1.96. The van der Waals surface area contributed by atoms with Gasteiger partial charge in [-0.15, -0.1) is 0 Å². The predicted molar refractivity (Wildman–Crippen MR) is 82.6 cm³/mol. The Kier molecular flexibility index (Phi) is 5.03. The van der Waals surface area contributed by atoms with Gasteiger partial charge >= 0.3 is 0 Å². The third-order valence-electron chi connectivity index (χ3n) is 4.40. The summed E-state index contributed by atoms with van der Waals surface area (Å²) in [4.78, 5) is 4.44. The van der Waals surface area contributed by atoms with Crippen LogP contribution in [0.15, 0.2) is 24.3 Å². The molecule has 0 amide bonds. The van der Waals surface area contributed by atoms with Crippen molar-refractivity contribution in [1.82, 2.24) is 15.1 Å². The molecular formula is C15H22N3O2S-. The number of fused-ring (bicyclic) bond motifs is 1. The number of nitrogens with one attached hydrogen (secondary N) is 1. The molecule has 1 unspecified atom stereocenters. The number of benzene rings is 1. The molecule has 0 radical (unpaired) electrons. The normalized spacial score (nSPS) is 25.5. The molecule has 0 spiro atoms. The highest BCUT2D eigenvalue weighted by atomic mass is 32.2. The fraction of sp³-hybridized carbons (Fsp3) is 0.600. The third kappa shape index (κ3) is 4.11. The van der Waals surface area contributed by atoms with Crippen molar-refractivity contribution < 1.29 is 8.76 Å². The van der Waals surface area contributed by atoms with E-state index in [0.29, 0.717) is 6.04 Å². The molecule has 5 nitrogen and oxygen atoms in total. The van der Waals surface area contributed by atoms with Gasteiger partial charge in [-0.3, -0.25) is 14.0 Å². The van der Waals surface area contributed by atoms with E-state index in [9.17, 15) is 8.76 Å². The Morgan fingerprint density at radius 1 is 1.14 bits per heavy atom. The molecule has 2 atom stereocenters. The van der Waals surface area contributed by atoms with Crippen LogP contribution in [0.3, 0.4) is 0 Å². The summed E-state index contributed by atoms with van der Waals surface area (Å²) in [6.07, 6.45) is 1.08. The van der Waals surface area contributed by atoms with Crippen molar-refractivity contribution >= 4 is 11.1 Å². The van der Waals surface area contributed by atoms with Gasteiger partial charge in [0, 0.05) is 45.3 Å². The van der Waals surface area contributed by atoms with Crippen LogP contribution in [-0.4, -0.2) is 63.2 Å². The van der Waals surface area contributed by atoms with Gasteiger partial charge in [0.25, 0.3) is 0 Å². The highest BCUT2D eigenvalue weighted by Gasteiger charge is 2.22. The molecule has 1 saturated heterocycles. The number of hydrogen-bond donors (Lipinski definition) is 1. The second-order valence-electron chi connectivity index (χ2n) is 5.90. The quantitative estimate of drug-likeness (QED) is 0.803. The van der Waals surface area contributed by atoms with Gasteiger partial charge in [0.1, 0.15) is 0 Å². The second-order valence-corrected chi connectivity index (χ2v) is 6.77. The topological polar surface area (TPSA) is 58.6 Å². The molecule has 1 N–H and O–H groups in total. The number of hydrogen-bond acceptors (Lipinski definition) is 5. The largest absolute Gasteiger partial charge is 0.771 e. The van der Waals surface area contributed by atoms with Crippen molar-refractivity contribution in [2.75, 3.05) is 38.6 Å². The zero-order valence-electron chi connectivity index (χ0n) is 12.2. The Morgan fingerprint density at radius 3 is 2.52 bits per heavy atom. The summed E-state index contributed by atoms with van der Waals surface area (Å²) in [6.45, 7) is 5.60. The Balaban J connectivity index is 1.47. The van der Waals surface area contributed by atoms with Crippen LogP contribution in [0.2, 0.25) is 0 Å². The summed E-state index contributed by atoms with van der Waals surface area (Å²) in [5.41, 5.74) is 2.87. The monoisotopic (exact) mass is 308 g/mol. The first kappa shape index (κ1) is 15.1. The first-order chi connectivity index (χ1) is 10.2. The lowest BCUT2D eigenvalue weighted by atomic mass is 9.95. The standard InChI is InChI=1S/C15H23N3O2S/c19-21(20)12-18-7-5-17(6-8-18)11-15-9-13-3-1-2-4-14(13)10-16-15/h1-4,15-16H,5-12H2,(H,19,20)/p-1/t15-/m0/s1. The van der Waals surface area contributed by atoms with Gasteiger partial charge in [0.2, 0.25) is 0 Å². The summed E-state index contributed by atoms with van der Waals surface area (Å²) in [5, 5.41) is 3.61. The van der Waals surface area contributed by atoms with Crippen LogP contribution in [0.4, 0.5) is 0 Å². The molecule has 0 saturated carbocycles. The summed E-state index contributed by atoms with van der Waals surface area (Å²) in [5.74, 6) is 0.170. The molecule has 21 heavy (non-hydrogen) atoms. The van der Waals surface area contributed by atoms with Crippen molar-refractivity contribution in [2.24, 2.45) is 0 Å². The van der Waals surface area contributed by atoms with E-state index >= 15 is 0 Å². The lowest BCUT2D eigenvalue weighted by molar-refractivity contribution is 0.134. The fourth-order valence-electron chi connectivity index (χ4n) is 3.21. The lowest BCUT2D eigenvalue weighted by Crippen LogP contribution is -2.52. The van der Waals surface area contributed by atoms with Gasteiger partial charge in [-0.05, 0) is 28.6 Å². The van der Waals surface area contributed by atoms with E-state index in [-0.39, 0.29) is 5.88 Å². The molecule has 2 aliphatic rings. The number of piperazine rings is 1. The molecular weight excluding hydrogens is 286 g/mol. The maximum atomic E-state index is 10.7. The van der Waals surface area contributed by atoms with Crippen molar-refractivity contribution in [3.05, 3.63) is 35.4 Å². The van der Waals surface area contributed by atoms with Crippen molar-refractivity contribution in [1.29, 1.82) is 0 Å². The smallest absolute Gasteiger partial charge is 0.0614 e. The number of nitrogens with zero attached hydrogens (tertiary/aromatic N) is 2. The number of rotatable bonds is 4. The van der Waals surface area contributed by atoms with E-state index in [0.717, 1.165) is 45.7 Å². The first-order valence-corrected chi connectivity index (χ1v) is 8.76. The van der Waals surface area contributed by atoms with Crippen LogP contribution in [0.25, 0.3) is 0 Å². The van der Waals surface area contributed by atoms with E-state index in [4.69, 9.17) is 0 Å². The maximum Gasteiger partial charge on any atom is 0.0614 e. The fourth-order valence-corrected chi connectivity index (χ4v) is 3.77. The molecule has 6 heteroatoms. The third-order valence-corrected chi connectivity index (χ3v) is 4.97. The van der Waals surface area contributed by atoms with Crippen molar-refractivity contribution in [2.45, 2.75) is 19.0 Å². The van der Waals surface area contributed by atoms with Gasteiger partial charge in [-0.2, -0.15) is 0 Å². The zero-order valence-corrected chi connectivity index (χ0v) is 13.0. The molecule has 1 fully saturated rings. The minimum atomic E-state index is -1.96. The van der Waals surface area contributed by atoms with E-state index in [2.05, 4.69) is 34.5 Å². The Bertz CT molecular complexity index is 503. The van der Waals surface area contributed by atoms with E-state index in [1.807, 2.05) is 4.90 Å². The second kappa shape index (κ2) is 6.98. The van der Waals surface area contributed by atoms with Crippen LogP contribution in [-0.2, 0) is 24.0 Å². The van der Waals surface area contributed by atoms with Crippen molar-refractivity contribution in [3.63, 3.8) is 0 Å². The minimum absolute atomic E-state index is 0.170. The minimum Gasteiger partial charge on any atom is -0.771 e. The summed E-state index contributed by atoms with van der Waals surface area (Å²) in [7, 11) is 0. The predicted octanol–water partition coefficient (Wildman–Crippen LogP) is 0.155. The molecule has 3 rings (SSSR count). The average Bonchev–Trinajstić information content (AvgIpc) is 2.49.